The third-order valence-electron chi connectivity index (χ3n) is 3.58. The highest BCUT2D eigenvalue weighted by Gasteiger charge is 2.19. The van der Waals surface area contributed by atoms with E-state index in [1.54, 1.807) is 0 Å². The summed E-state index contributed by atoms with van der Waals surface area (Å²) in [6, 6.07) is 9.39. The molecule has 1 aromatic heterocycles. The molecule has 1 nitrogen and oxygen atoms in total. The normalized spacial score (nSPS) is 14.8. The minimum atomic E-state index is 0.484. The van der Waals surface area contributed by atoms with Crippen molar-refractivity contribution in [2.24, 2.45) is 5.92 Å². The van der Waals surface area contributed by atoms with E-state index in [0.717, 1.165) is 6.54 Å². The van der Waals surface area contributed by atoms with Gasteiger partial charge in [-0.15, -0.1) is 11.3 Å². The molecule has 18 heavy (non-hydrogen) atoms. The van der Waals surface area contributed by atoms with Gasteiger partial charge in [-0.2, -0.15) is 0 Å². The molecule has 2 rings (SSSR count). The van der Waals surface area contributed by atoms with Gasteiger partial charge in [-0.3, -0.25) is 0 Å². The molecule has 0 aliphatic rings. The van der Waals surface area contributed by atoms with E-state index in [1.807, 2.05) is 11.3 Å². The minimum absolute atomic E-state index is 0.484. The molecule has 0 fully saturated rings. The summed E-state index contributed by atoms with van der Waals surface area (Å²) in [6.45, 7) is 7.86. The summed E-state index contributed by atoms with van der Waals surface area (Å²) in [4.78, 5) is 0. The molecule has 0 aliphatic carbocycles. The van der Waals surface area contributed by atoms with Crippen LogP contribution >= 0.6 is 11.3 Å². The second-order valence-electron chi connectivity index (χ2n) is 4.99. The van der Waals surface area contributed by atoms with Crippen LogP contribution in [0.25, 0.3) is 10.1 Å². The fourth-order valence-corrected chi connectivity index (χ4v) is 3.67. The summed E-state index contributed by atoms with van der Waals surface area (Å²) in [5, 5.41) is 7.25. The van der Waals surface area contributed by atoms with E-state index < -0.39 is 0 Å². The molecular weight excluding hydrogens is 238 g/mol. The molecule has 2 unspecified atom stereocenters. The van der Waals surface area contributed by atoms with E-state index in [2.05, 4.69) is 55.7 Å². The van der Waals surface area contributed by atoms with E-state index in [9.17, 15) is 0 Å². The van der Waals surface area contributed by atoms with Crippen molar-refractivity contribution >= 4 is 21.4 Å². The molecule has 0 bridgehead atoms. The van der Waals surface area contributed by atoms with Crippen molar-refractivity contribution in [1.82, 2.24) is 5.32 Å². The Hall–Kier alpha value is -0.860. The fourth-order valence-electron chi connectivity index (χ4n) is 2.72. The quantitative estimate of drug-likeness (QED) is 0.772. The average molecular weight is 261 g/mol. The van der Waals surface area contributed by atoms with Crippen LogP contribution in [0.5, 0.6) is 0 Å². The highest BCUT2D eigenvalue weighted by atomic mass is 32.1. The molecule has 1 heterocycles. The third-order valence-corrected chi connectivity index (χ3v) is 4.56. The van der Waals surface area contributed by atoms with Gasteiger partial charge in [0.25, 0.3) is 0 Å². The Morgan fingerprint density at radius 2 is 2.06 bits per heavy atom. The largest absolute Gasteiger partial charge is 0.310 e. The number of rotatable bonds is 6. The molecule has 2 atom stereocenters. The molecule has 0 radical (unpaired) electrons. The van der Waals surface area contributed by atoms with Gasteiger partial charge in [0.1, 0.15) is 0 Å². The van der Waals surface area contributed by atoms with Crippen molar-refractivity contribution in [2.75, 3.05) is 6.54 Å². The predicted molar refractivity (Wildman–Crippen MR) is 82.3 cm³/mol. The third kappa shape index (κ3) is 2.76. The predicted octanol–water partition coefficient (Wildman–Crippen LogP) is 4.99. The first-order valence-electron chi connectivity index (χ1n) is 6.97. The highest BCUT2D eigenvalue weighted by Crippen LogP contribution is 2.33. The van der Waals surface area contributed by atoms with Crippen LogP contribution in [0, 0.1) is 5.92 Å². The Morgan fingerprint density at radius 1 is 1.22 bits per heavy atom. The van der Waals surface area contributed by atoms with E-state index in [-0.39, 0.29) is 0 Å². The van der Waals surface area contributed by atoms with Crippen LogP contribution in [0.4, 0.5) is 0 Å². The number of hydrogen-bond donors (Lipinski definition) is 1. The van der Waals surface area contributed by atoms with Crippen molar-refractivity contribution in [2.45, 2.75) is 39.7 Å². The maximum Gasteiger partial charge on any atom is 0.0390 e. The average Bonchev–Trinajstić information content (AvgIpc) is 2.84. The van der Waals surface area contributed by atoms with Gasteiger partial charge in [0.2, 0.25) is 0 Å². The number of nitrogens with one attached hydrogen (secondary N) is 1. The first-order valence-corrected chi connectivity index (χ1v) is 7.85. The van der Waals surface area contributed by atoms with Gasteiger partial charge in [-0.05, 0) is 41.3 Å². The molecule has 2 aromatic rings. The maximum atomic E-state index is 3.67. The first kappa shape index (κ1) is 13.6. The van der Waals surface area contributed by atoms with Crippen LogP contribution in [0.3, 0.4) is 0 Å². The molecule has 2 heteroatoms. The fraction of sp³-hybridized carbons (Fsp3) is 0.500. The Labute approximate surface area is 114 Å². The lowest BCUT2D eigenvalue weighted by Gasteiger charge is -2.25. The van der Waals surface area contributed by atoms with E-state index >= 15 is 0 Å². The lowest BCUT2D eigenvalue weighted by molar-refractivity contribution is 0.371. The molecule has 0 spiro atoms. The lowest BCUT2D eigenvalue weighted by Crippen LogP contribution is -2.26. The molecule has 0 saturated heterocycles. The van der Waals surface area contributed by atoms with Gasteiger partial charge in [-0.1, -0.05) is 45.4 Å². The monoisotopic (exact) mass is 261 g/mol. The maximum absolute atomic E-state index is 3.67. The van der Waals surface area contributed by atoms with Gasteiger partial charge in [0, 0.05) is 10.7 Å². The smallest absolute Gasteiger partial charge is 0.0390 e. The summed E-state index contributed by atoms with van der Waals surface area (Å²) in [5.74, 6) is 0.683. The zero-order valence-corrected chi connectivity index (χ0v) is 12.4. The number of thiophene rings is 1. The number of hydrogen-bond acceptors (Lipinski definition) is 2. The number of fused-ring (bicyclic) bond motifs is 1. The Kier molecular flexibility index (Phi) is 4.79. The SMILES string of the molecule is CCCC(C)C(NCC)c1cccc2ccsc12. The second-order valence-corrected chi connectivity index (χ2v) is 5.90. The van der Waals surface area contributed by atoms with Gasteiger partial charge < -0.3 is 5.32 Å². The minimum Gasteiger partial charge on any atom is -0.310 e. The van der Waals surface area contributed by atoms with Gasteiger partial charge >= 0.3 is 0 Å². The van der Waals surface area contributed by atoms with E-state index in [4.69, 9.17) is 0 Å². The highest BCUT2D eigenvalue weighted by molar-refractivity contribution is 7.17. The van der Waals surface area contributed by atoms with E-state index in [0.29, 0.717) is 12.0 Å². The Balaban J connectivity index is 2.37. The van der Waals surface area contributed by atoms with Crippen molar-refractivity contribution in [1.29, 1.82) is 0 Å². The lowest BCUT2D eigenvalue weighted by atomic mass is 9.90. The summed E-state index contributed by atoms with van der Waals surface area (Å²) in [5.41, 5.74) is 1.48. The Morgan fingerprint density at radius 3 is 2.78 bits per heavy atom. The van der Waals surface area contributed by atoms with Crippen LogP contribution in [0.1, 0.15) is 45.2 Å². The topological polar surface area (TPSA) is 12.0 Å². The van der Waals surface area contributed by atoms with Crippen LogP contribution in [0.15, 0.2) is 29.6 Å². The van der Waals surface area contributed by atoms with Crippen molar-refractivity contribution < 1.29 is 0 Å². The van der Waals surface area contributed by atoms with Crippen LogP contribution in [0.2, 0.25) is 0 Å². The van der Waals surface area contributed by atoms with Gasteiger partial charge in [0.15, 0.2) is 0 Å². The van der Waals surface area contributed by atoms with E-state index in [1.165, 1.54) is 28.5 Å². The molecule has 0 saturated carbocycles. The van der Waals surface area contributed by atoms with Crippen molar-refractivity contribution in [3.63, 3.8) is 0 Å². The molecular formula is C16H23NS. The summed E-state index contributed by atoms with van der Waals surface area (Å²) < 4.78 is 1.45. The van der Waals surface area contributed by atoms with Crippen LogP contribution < -0.4 is 5.32 Å². The zero-order valence-electron chi connectivity index (χ0n) is 11.6. The van der Waals surface area contributed by atoms with Gasteiger partial charge in [0.05, 0.1) is 0 Å². The molecule has 0 aliphatic heterocycles. The van der Waals surface area contributed by atoms with Gasteiger partial charge in [-0.25, -0.2) is 0 Å². The summed E-state index contributed by atoms with van der Waals surface area (Å²) in [7, 11) is 0. The molecule has 98 valence electrons. The zero-order chi connectivity index (χ0) is 13.0. The molecule has 1 aromatic carbocycles. The molecule has 0 amide bonds. The van der Waals surface area contributed by atoms with Crippen LogP contribution in [-0.2, 0) is 0 Å². The Bertz CT molecular complexity index is 489. The summed E-state index contributed by atoms with van der Waals surface area (Å²) >= 11 is 1.86. The molecule has 1 N–H and O–H groups in total. The number of benzene rings is 1. The second kappa shape index (κ2) is 6.35. The standard InChI is InChI=1S/C16H23NS/c1-4-7-12(3)15(17-5-2)14-9-6-8-13-10-11-18-16(13)14/h6,8-12,15,17H,4-5,7H2,1-3H3. The summed E-state index contributed by atoms with van der Waals surface area (Å²) in [6.07, 6.45) is 2.53. The van der Waals surface area contributed by atoms with Crippen LogP contribution in [-0.4, -0.2) is 6.54 Å². The van der Waals surface area contributed by atoms with Crippen molar-refractivity contribution in [3.05, 3.63) is 35.2 Å². The first-order chi connectivity index (χ1) is 8.77. The van der Waals surface area contributed by atoms with Crippen molar-refractivity contribution in [3.8, 4) is 0 Å².